The highest BCUT2D eigenvalue weighted by molar-refractivity contribution is 7.17. The third-order valence-corrected chi connectivity index (χ3v) is 7.39. The van der Waals surface area contributed by atoms with Crippen LogP contribution in [0.25, 0.3) is 0 Å². The molecule has 0 saturated carbocycles. The minimum Gasteiger partial charge on any atom is -0.484 e. The molecule has 0 spiro atoms. The van der Waals surface area contributed by atoms with Gasteiger partial charge in [0.25, 0.3) is 11.6 Å². The number of carbonyl (C=O) groups is 2. The number of nitrogens with one attached hydrogen (secondary N) is 1. The molecule has 2 heterocycles. The Hall–Kier alpha value is -3.37. The molecule has 36 heavy (non-hydrogen) atoms. The number of furan rings is 1. The molecule has 0 fully saturated rings. The van der Waals surface area contributed by atoms with Crippen molar-refractivity contribution in [1.29, 1.82) is 0 Å². The maximum Gasteiger partial charge on any atom is 0.341 e. The van der Waals surface area contributed by atoms with Gasteiger partial charge in [-0.2, -0.15) is 0 Å². The molecule has 11 heteroatoms. The molecule has 1 unspecified atom stereocenters. The van der Waals surface area contributed by atoms with Gasteiger partial charge in [-0.25, -0.2) is 4.79 Å². The Balaban J connectivity index is 1.48. The van der Waals surface area contributed by atoms with E-state index in [9.17, 15) is 19.7 Å². The smallest absolute Gasteiger partial charge is 0.341 e. The van der Waals surface area contributed by atoms with E-state index >= 15 is 0 Å². The second-order valence-corrected chi connectivity index (χ2v) is 9.93. The molecule has 190 valence electrons. The minimum absolute atomic E-state index is 0.0337. The summed E-state index contributed by atoms with van der Waals surface area (Å²) >= 11 is 7.46. The van der Waals surface area contributed by atoms with E-state index in [2.05, 4.69) is 5.32 Å². The number of esters is 1. The highest BCUT2D eigenvalue weighted by Gasteiger charge is 2.29. The zero-order chi connectivity index (χ0) is 25.8. The number of nitro benzene ring substituents is 1. The summed E-state index contributed by atoms with van der Waals surface area (Å²) in [5, 5.41) is 14.5. The van der Waals surface area contributed by atoms with Gasteiger partial charge in [0.2, 0.25) is 0 Å². The van der Waals surface area contributed by atoms with E-state index in [1.165, 1.54) is 35.6 Å². The molecule has 0 bridgehead atoms. The van der Waals surface area contributed by atoms with Crippen molar-refractivity contribution in [2.45, 2.75) is 58.7 Å². The van der Waals surface area contributed by atoms with Gasteiger partial charge in [-0.05, 0) is 62.8 Å². The molecule has 0 saturated heterocycles. The maximum absolute atomic E-state index is 13.0. The Morgan fingerprint density at radius 2 is 2.03 bits per heavy atom. The van der Waals surface area contributed by atoms with Crippen molar-refractivity contribution >= 4 is 45.5 Å². The van der Waals surface area contributed by atoms with Gasteiger partial charge in [-0.3, -0.25) is 14.9 Å². The molecule has 1 aliphatic carbocycles. The number of anilines is 1. The van der Waals surface area contributed by atoms with Crippen LogP contribution < -0.4 is 10.1 Å². The Morgan fingerprint density at radius 1 is 1.25 bits per heavy atom. The number of amides is 1. The van der Waals surface area contributed by atoms with E-state index in [4.69, 9.17) is 25.5 Å². The van der Waals surface area contributed by atoms with Crippen molar-refractivity contribution in [2.24, 2.45) is 0 Å². The van der Waals surface area contributed by atoms with E-state index in [0.29, 0.717) is 22.7 Å². The van der Waals surface area contributed by atoms with Crippen LogP contribution in [0.1, 0.15) is 70.2 Å². The molecule has 3 aromatic rings. The molecule has 1 aliphatic rings. The van der Waals surface area contributed by atoms with Crippen molar-refractivity contribution in [3.63, 3.8) is 0 Å². The summed E-state index contributed by atoms with van der Waals surface area (Å²) in [6, 6.07) is 6.93. The molecular formula is C25H25ClN2O7S. The van der Waals surface area contributed by atoms with Gasteiger partial charge in [0.15, 0.2) is 5.76 Å². The molecule has 9 nitrogen and oxygen atoms in total. The largest absolute Gasteiger partial charge is 0.484 e. The number of benzene rings is 1. The van der Waals surface area contributed by atoms with E-state index in [0.717, 1.165) is 36.1 Å². The first-order chi connectivity index (χ1) is 17.3. The maximum atomic E-state index is 13.0. The lowest BCUT2D eigenvalue weighted by Gasteiger charge is -2.15. The van der Waals surface area contributed by atoms with Crippen molar-refractivity contribution in [3.05, 3.63) is 73.0 Å². The monoisotopic (exact) mass is 532 g/mol. The Morgan fingerprint density at radius 3 is 2.78 bits per heavy atom. The van der Waals surface area contributed by atoms with Gasteiger partial charge < -0.3 is 19.2 Å². The van der Waals surface area contributed by atoms with Crippen molar-refractivity contribution in [2.75, 3.05) is 5.32 Å². The molecule has 1 amide bonds. The third-order valence-electron chi connectivity index (χ3n) is 5.87. The number of carbonyl (C=O) groups excluding carboxylic acids is 2. The number of fused-ring (bicyclic) bond motifs is 1. The predicted molar refractivity (Wildman–Crippen MR) is 135 cm³/mol. The average Bonchev–Trinajstić information content (AvgIpc) is 3.47. The van der Waals surface area contributed by atoms with Crippen LogP contribution in [0.3, 0.4) is 0 Å². The first-order valence-electron chi connectivity index (χ1n) is 11.6. The topological polar surface area (TPSA) is 121 Å². The standard InChI is InChI=1S/C25H25ClN2O7S/c1-3-14(2)34-25(30)22-17-6-4-5-7-21(17)36-24(22)27-23(29)19-11-9-16(35-19)13-33-20-12-15(28(31)32)8-10-18(20)26/h8-12,14H,3-7,13H2,1-2H3,(H,27,29). The van der Waals surface area contributed by atoms with Crippen LogP contribution in [-0.2, 0) is 24.2 Å². The van der Waals surface area contributed by atoms with Crippen LogP contribution in [-0.4, -0.2) is 22.9 Å². The first kappa shape index (κ1) is 25.7. The average molecular weight is 533 g/mol. The highest BCUT2D eigenvalue weighted by Crippen LogP contribution is 2.39. The first-order valence-corrected chi connectivity index (χ1v) is 12.8. The van der Waals surface area contributed by atoms with E-state index in [1.54, 1.807) is 6.07 Å². The predicted octanol–water partition coefficient (Wildman–Crippen LogP) is 6.57. The lowest BCUT2D eigenvalue weighted by Crippen LogP contribution is -2.18. The number of non-ortho nitro benzene ring substituents is 1. The summed E-state index contributed by atoms with van der Waals surface area (Å²) in [6.07, 6.45) is 4.12. The van der Waals surface area contributed by atoms with Crippen molar-refractivity contribution in [3.8, 4) is 5.75 Å². The zero-order valence-electron chi connectivity index (χ0n) is 19.8. The Bertz CT molecular complexity index is 1300. The molecule has 0 aliphatic heterocycles. The van der Waals surface area contributed by atoms with Crippen LogP contribution in [0, 0.1) is 10.1 Å². The summed E-state index contributed by atoms with van der Waals surface area (Å²) < 4.78 is 16.7. The quantitative estimate of drug-likeness (QED) is 0.188. The number of nitro groups is 1. The number of hydrogen-bond donors (Lipinski definition) is 1. The third kappa shape index (κ3) is 5.71. The number of rotatable bonds is 9. The lowest BCUT2D eigenvalue weighted by atomic mass is 9.95. The molecule has 1 atom stereocenters. The number of halogens is 1. The number of ether oxygens (including phenoxy) is 2. The Kier molecular flexibility index (Phi) is 7.95. The molecule has 1 N–H and O–H groups in total. The fourth-order valence-corrected chi connectivity index (χ4v) is 5.25. The van der Waals surface area contributed by atoms with Gasteiger partial charge in [-0.15, -0.1) is 11.3 Å². The van der Waals surface area contributed by atoms with E-state index < -0.39 is 16.8 Å². The summed E-state index contributed by atoms with van der Waals surface area (Å²) in [7, 11) is 0. The SMILES string of the molecule is CCC(C)OC(=O)c1c(NC(=O)c2ccc(COc3cc([N+](=O)[O-])ccc3Cl)o2)sc2c1CCCC2. The molecule has 2 aromatic heterocycles. The van der Waals surface area contributed by atoms with Gasteiger partial charge in [-0.1, -0.05) is 18.5 Å². The Labute approximate surface area is 216 Å². The lowest BCUT2D eigenvalue weighted by molar-refractivity contribution is -0.384. The van der Waals surface area contributed by atoms with Gasteiger partial charge in [0, 0.05) is 10.9 Å². The second kappa shape index (κ2) is 11.1. The summed E-state index contributed by atoms with van der Waals surface area (Å²) in [5.74, 6) is -0.454. The van der Waals surface area contributed by atoms with Crippen LogP contribution in [0.4, 0.5) is 10.7 Å². The van der Waals surface area contributed by atoms with Crippen molar-refractivity contribution in [1.82, 2.24) is 0 Å². The number of hydrogen-bond acceptors (Lipinski definition) is 8. The van der Waals surface area contributed by atoms with Gasteiger partial charge >= 0.3 is 5.97 Å². The molecule has 4 rings (SSSR count). The van der Waals surface area contributed by atoms with Gasteiger partial charge in [0.1, 0.15) is 23.1 Å². The summed E-state index contributed by atoms with van der Waals surface area (Å²) in [4.78, 5) is 37.4. The van der Waals surface area contributed by atoms with Crippen LogP contribution in [0.2, 0.25) is 5.02 Å². The molecule has 1 aromatic carbocycles. The fraction of sp³-hybridized carbons (Fsp3) is 0.360. The number of nitrogens with zero attached hydrogens (tertiary/aromatic N) is 1. The summed E-state index contributed by atoms with van der Waals surface area (Å²) in [6.45, 7) is 3.69. The van der Waals surface area contributed by atoms with Gasteiger partial charge in [0.05, 0.1) is 27.7 Å². The van der Waals surface area contributed by atoms with E-state index in [1.807, 2.05) is 13.8 Å². The highest BCUT2D eigenvalue weighted by atomic mass is 35.5. The van der Waals surface area contributed by atoms with Crippen molar-refractivity contribution < 1.29 is 28.4 Å². The fourth-order valence-electron chi connectivity index (χ4n) is 3.80. The number of thiophene rings is 1. The van der Waals surface area contributed by atoms with Crippen LogP contribution >= 0.6 is 22.9 Å². The molecular weight excluding hydrogens is 508 g/mol. The number of aryl methyl sites for hydroxylation is 1. The normalized spacial score (nSPS) is 13.5. The zero-order valence-corrected chi connectivity index (χ0v) is 21.4. The van der Waals surface area contributed by atoms with E-state index in [-0.39, 0.29) is 34.9 Å². The second-order valence-electron chi connectivity index (χ2n) is 8.42. The minimum atomic E-state index is -0.548. The molecule has 0 radical (unpaired) electrons. The van der Waals surface area contributed by atoms with Crippen LogP contribution in [0.5, 0.6) is 5.75 Å². The summed E-state index contributed by atoms with van der Waals surface area (Å²) in [5.41, 5.74) is 1.23. The van der Waals surface area contributed by atoms with Crippen LogP contribution in [0.15, 0.2) is 34.7 Å².